The maximum atomic E-state index is 11.4. The number of ketones is 1. The molecule has 0 aromatic carbocycles. The fraction of sp³-hybridized carbons (Fsp3) is 0.565. The molecule has 1 saturated carbocycles. The van der Waals surface area contributed by atoms with Crippen molar-refractivity contribution in [3.05, 3.63) is 35.7 Å². The highest BCUT2D eigenvalue weighted by atomic mass is 16.3. The number of nitrogens with one attached hydrogen (secondary N) is 2. The number of aliphatic hydroxyl groups is 1. The minimum absolute atomic E-state index is 0.000101. The number of aliphatic hydroxyl groups excluding tert-OH is 1. The Bertz CT molecular complexity index is 1010. The molecular weight excluding hydrogens is 406 g/mol. The molecule has 1 saturated heterocycles. The van der Waals surface area contributed by atoms with Gasteiger partial charge in [0.15, 0.2) is 11.4 Å². The van der Waals surface area contributed by atoms with Gasteiger partial charge in [-0.05, 0) is 63.0 Å². The molecule has 2 aromatic rings. The van der Waals surface area contributed by atoms with Crippen LogP contribution < -0.4 is 15.5 Å². The summed E-state index contributed by atoms with van der Waals surface area (Å²) in [5.74, 6) is 1.85. The van der Waals surface area contributed by atoms with Crippen LogP contribution in [0.3, 0.4) is 0 Å². The maximum absolute atomic E-state index is 11.4. The minimum atomic E-state index is -0.000101. The van der Waals surface area contributed by atoms with Gasteiger partial charge in [0.05, 0.1) is 6.20 Å². The van der Waals surface area contributed by atoms with Gasteiger partial charge in [-0.3, -0.25) is 4.79 Å². The minimum Gasteiger partial charge on any atom is -0.396 e. The monoisotopic (exact) mass is 439 g/mol. The van der Waals surface area contributed by atoms with E-state index in [2.05, 4.69) is 20.6 Å². The van der Waals surface area contributed by atoms with Crippen molar-refractivity contribution < 1.29 is 9.90 Å². The highest BCUT2D eigenvalue weighted by Gasteiger charge is 2.30. The van der Waals surface area contributed by atoms with E-state index in [1.54, 1.807) is 16.7 Å². The van der Waals surface area contributed by atoms with Crippen LogP contribution in [-0.4, -0.2) is 63.3 Å². The summed E-state index contributed by atoms with van der Waals surface area (Å²) >= 11 is 0. The van der Waals surface area contributed by atoms with Crippen molar-refractivity contribution in [3.63, 3.8) is 0 Å². The van der Waals surface area contributed by atoms with Crippen LogP contribution in [0.4, 0.5) is 11.9 Å². The Morgan fingerprint density at radius 3 is 2.81 bits per heavy atom. The van der Waals surface area contributed by atoms with Gasteiger partial charge in [-0.1, -0.05) is 6.08 Å². The molecule has 0 bridgehead atoms. The van der Waals surface area contributed by atoms with Gasteiger partial charge < -0.3 is 20.6 Å². The highest BCUT2D eigenvalue weighted by molar-refractivity contribution is 5.87. The molecule has 0 unspecified atom stereocenters. The molecule has 0 spiro atoms. The normalized spacial score (nSPS) is 19.7. The van der Waals surface area contributed by atoms with E-state index in [4.69, 9.17) is 9.97 Å². The van der Waals surface area contributed by atoms with Gasteiger partial charge in [-0.25, -0.2) is 0 Å². The summed E-state index contributed by atoms with van der Waals surface area (Å²) in [6, 6.07) is 0.245. The summed E-state index contributed by atoms with van der Waals surface area (Å²) < 4.78 is 1.79. The third-order valence-electron chi connectivity index (χ3n) is 6.06. The lowest BCUT2D eigenvalue weighted by Gasteiger charge is -2.35. The lowest BCUT2D eigenvalue weighted by molar-refractivity contribution is -0.112. The average Bonchev–Trinajstić information content (AvgIpc) is 3.54. The van der Waals surface area contributed by atoms with Crippen LogP contribution in [0.1, 0.15) is 56.9 Å². The fourth-order valence-corrected chi connectivity index (χ4v) is 4.27. The maximum Gasteiger partial charge on any atom is 0.230 e. The van der Waals surface area contributed by atoms with Gasteiger partial charge in [0, 0.05) is 44.5 Å². The Balaban J connectivity index is 1.67. The van der Waals surface area contributed by atoms with E-state index in [0.717, 1.165) is 43.4 Å². The number of anilines is 2. The SMILES string of the molecule is CN/C=C(\C=C/C(C)=O)CNc1nc(N2CCCC[C@H]2CCO)nc2c(C3CC3)cnn12. The first-order valence-corrected chi connectivity index (χ1v) is 11.5. The number of hydrogen-bond donors (Lipinski definition) is 3. The van der Waals surface area contributed by atoms with E-state index in [9.17, 15) is 9.90 Å². The number of nitrogens with zero attached hydrogens (tertiary/aromatic N) is 5. The van der Waals surface area contributed by atoms with Crippen LogP contribution in [0.2, 0.25) is 0 Å². The summed E-state index contributed by atoms with van der Waals surface area (Å²) in [7, 11) is 1.83. The van der Waals surface area contributed by atoms with E-state index in [1.165, 1.54) is 25.3 Å². The molecule has 172 valence electrons. The molecule has 0 amide bonds. The summed E-state index contributed by atoms with van der Waals surface area (Å²) in [6.07, 6.45) is 13.5. The smallest absolute Gasteiger partial charge is 0.230 e. The van der Waals surface area contributed by atoms with Crippen molar-refractivity contribution in [1.29, 1.82) is 0 Å². The largest absolute Gasteiger partial charge is 0.396 e. The number of carbonyl (C=O) groups is 1. The summed E-state index contributed by atoms with van der Waals surface area (Å²) in [6.45, 7) is 3.06. The zero-order valence-corrected chi connectivity index (χ0v) is 18.9. The molecule has 0 radical (unpaired) electrons. The Kier molecular flexibility index (Phi) is 7.04. The molecule has 2 aromatic heterocycles. The lowest BCUT2D eigenvalue weighted by Crippen LogP contribution is -2.41. The molecule has 9 heteroatoms. The molecule has 3 heterocycles. The second-order valence-corrected chi connectivity index (χ2v) is 8.62. The van der Waals surface area contributed by atoms with E-state index in [1.807, 2.05) is 19.4 Å². The van der Waals surface area contributed by atoms with Crippen LogP contribution >= 0.6 is 0 Å². The number of carbonyl (C=O) groups excluding carboxylic acids is 1. The predicted octanol–water partition coefficient (Wildman–Crippen LogP) is 2.40. The Morgan fingerprint density at radius 1 is 1.25 bits per heavy atom. The first-order chi connectivity index (χ1) is 15.6. The van der Waals surface area contributed by atoms with Crippen LogP contribution in [0.5, 0.6) is 0 Å². The molecule has 1 atom stereocenters. The zero-order chi connectivity index (χ0) is 22.5. The summed E-state index contributed by atoms with van der Waals surface area (Å²) in [5.41, 5.74) is 2.95. The average molecular weight is 440 g/mol. The van der Waals surface area contributed by atoms with Gasteiger partial charge in [-0.15, -0.1) is 0 Å². The number of piperidine rings is 1. The summed E-state index contributed by atoms with van der Waals surface area (Å²) in [5, 5.41) is 20.6. The second-order valence-electron chi connectivity index (χ2n) is 8.62. The van der Waals surface area contributed by atoms with Gasteiger partial charge >= 0.3 is 0 Å². The van der Waals surface area contributed by atoms with E-state index in [0.29, 0.717) is 24.4 Å². The Hall–Kier alpha value is -2.94. The van der Waals surface area contributed by atoms with E-state index < -0.39 is 0 Å². The molecule has 9 nitrogen and oxygen atoms in total. The van der Waals surface area contributed by atoms with Crippen molar-refractivity contribution in [3.8, 4) is 0 Å². The van der Waals surface area contributed by atoms with Gasteiger partial charge in [0.25, 0.3) is 0 Å². The molecule has 1 aliphatic heterocycles. The van der Waals surface area contributed by atoms with Gasteiger partial charge in [0.2, 0.25) is 11.9 Å². The number of fused-ring (bicyclic) bond motifs is 1. The second kappa shape index (κ2) is 10.1. The van der Waals surface area contributed by atoms with Crippen LogP contribution in [0, 0.1) is 0 Å². The van der Waals surface area contributed by atoms with E-state index in [-0.39, 0.29) is 18.4 Å². The quantitative estimate of drug-likeness (QED) is 0.383. The molecule has 4 rings (SSSR count). The number of allylic oxidation sites excluding steroid dienone is 1. The predicted molar refractivity (Wildman–Crippen MR) is 125 cm³/mol. The first kappa shape index (κ1) is 22.3. The molecule has 2 aliphatic rings. The molecule has 2 fully saturated rings. The van der Waals surface area contributed by atoms with Crippen molar-refractivity contribution in [2.45, 2.75) is 57.4 Å². The first-order valence-electron chi connectivity index (χ1n) is 11.5. The standard InChI is InChI=1S/C23H33N7O2/c1-16(32)6-7-17(13-24-2)14-25-22-28-23(29-11-4-3-5-19(29)10-12-31)27-21-20(18-8-9-18)15-26-30(21)22/h6-7,13,15,18-19,24,31H,3-5,8-12,14H2,1-2H3,(H,25,27,28)/b7-6-,17-13+/t19-/m0/s1. The Labute approximate surface area is 188 Å². The van der Waals surface area contributed by atoms with Crippen LogP contribution in [-0.2, 0) is 4.79 Å². The number of aromatic nitrogens is 4. The number of rotatable bonds is 10. The van der Waals surface area contributed by atoms with Gasteiger partial charge in [0.1, 0.15) is 0 Å². The molecule has 32 heavy (non-hydrogen) atoms. The van der Waals surface area contributed by atoms with Crippen molar-refractivity contribution in [1.82, 2.24) is 24.9 Å². The topological polar surface area (TPSA) is 108 Å². The summed E-state index contributed by atoms with van der Waals surface area (Å²) in [4.78, 5) is 23.4. The van der Waals surface area contributed by atoms with Crippen molar-refractivity contribution >= 4 is 23.3 Å². The molecular formula is C23H33N7O2. The van der Waals surface area contributed by atoms with Crippen LogP contribution in [0.15, 0.2) is 30.1 Å². The number of hydrogen-bond acceptors (Lipinski definition) is 8. The van der Waals surface area contributed by atoms with E-state index >= 15 is 0 Å². The molecule has 1 aliphatic carbocycles. The third-order valence-corrected chi connectivity index (χ3v) is 6.06. The highest BCUT2D eigenvalue weighted by Crippen LogP contribution is 2.42. The van der Waals surface area contributed by atoms with Crippen molar-refractivity contribution in [2.75, 3.05) is 37.0 Å². The third kappa shape index (κ3) is 5.09. The van der Waals surface area contributed by atoms with Crippen molar-refractivity contribution in [2.24, 2.45) is 0 Å². The lowest BCUT2D eigenvalue weighted by atomic mass is 10.0. The molecule has 3 N–H and O–H groups in total. The van der Waals surface area contributed by atoms with Crippen LogP contribution in [0.25, 0.3) is 5.65 Å². The van der Waals surface area contributed by atoms with Gasteiger partial charge in [-0.2, -0.15) is 19.6 Å². The Morgan fingerprint density at radius 2 is 2.09 bits per heavy atom. The zero-order valence-electron chi connectivity index (χ0n) is 18.9. The fourth-order valence-electron chi connectivity index (χ4n) is 4.27.